The summed E-state index contributed by atoms with van der Waals surface area (Å²) in [6, 6.07) is 5.30. The van der Waals surface area contributed by atoms with E-state index >= 15 is 0 Å². The molecule has 1 aromatic heterocycles. The van der Waals surface area contributed by atoms with Crippen LogP contribution in [0.1, 0.15) is 55.4 Å². The number of nitrogens with zero attached hydrogens (tertiary/aromatic N) is 2. The van der Waals surface area contributed by atoms with Crippen molar-refractivity contribution in [1.82, 2.24) is 9.80 Å². The van der Waals surface area contributed by atoms with E-state index in [1.807, 2.05) is 11.3 Å². The van der Waals surface area contributed by atoms with Crippen LogP contribution >= 0.6 is 11.3 Å². The van der Waals surface area contributed by atoms with E-state index in [-0.39, 0.29) is 0 Å². The summed E-state index contributed by atoms with van der Waals surface area (Å²) in [6.07, 6.45) is 5.41. The second-order valence-corrected chi connectivity index (χ2v) is 8.12. The van der Waals surface area contributed by atoms with Gasteiger partial charge in [0, 0.05) is 42.0 Å². The Kier molecular flexibility index (Phi) is 5.91. The van der Waals surface area contributed by atoms with E-state index in [9.17, 15) is 0 Å². The molecule has 0 aromatic carbocycles. The molecule has 0 saturated carbocycles. The van der Waals surface area contributed by atoms with Gasteiger partial charge in [-0.15, -0.1) is 11.3 Å². The minimum absolute atomic E-state index is 0.369. The lowest BCUT2D eigenvalue weighted by molar-refractivity contribution is 0.0172. The molecule has 124 valence electrons. The van der Waals surface area contributed by atoms with E-state index in [0.29, 0.717) is 12.1 Å². The molecule has 4 heteroatoms. The predicted molar refractivity (Wildman–Crippen MR) is 93.5 cm³/mol. The van der Waals surface area contributed by atoms with Gasteiger partial charge in [-0.3, -0.25) is 9.80 Å². The lowest BCUT2D eigenvalue weighted by atomic mass is 10.1. The maximum absolute atomic E-state index is 5.92. The van der Waals surface area contributed by atoms with Gasteiger partial charge < -0.3 is 4.74 Å². The van der Waals surface area contributed by atoms with Gasteiger partial charge in [0.15, 0.2) is 0 Å². The largest absolute Gasteiger partial charge is 0.373 e. The van der Waals surface area contributed by atoms with Crippen molar-refractivity contribution < 1.29 is 4.74 Å². The molecule has 0 unspecified atom stereocenters. The molecule has 2 aliphatic heterocycles. The summed E-state index contributed by atoms with van der Waals surface area (Å²) in [5.41, 5.74) is 0. The van der Waals surface area contributed by atoms with E-state index < -0.39 is 0 Å². The molecule has 3 rings (SSSR count). The highest BCUT2D eigenvalue weighted by Crippen LogP contribution is 2.33. The minimum Gasteiger partial charge on any atom is -0.373 e. The minimum atomic E-state index is 0.369. The number of thiophene rings is 1. The van der Waals surface area contributed by atoms with Crippen molar-refractivity contribution in [1.29, 1.82) is 0 Å². The highest BCUT2D eigenvalue weighted by Gasteiger charge is 2.20. The zero-order valence-electron chi connectivity index (χ0n) is 14.1. The van der Waals surface area contributed by atoms with E-state index in [2.05, 4.69) is 35.8 Å². The van der Waals surface area contributed by atoms with Crippen LogP contribution in [0.4, 0.5) is 0 Å². The molecule has 1 aromatic rings. The molecule has 3 heterocycles. The van der Waals surface area contributed by atoms with Gasteiger partial charge >= 0.3 is 0 Å². The van der Waals surface area contributed by atoms with Gasteiger partial charge in [-0.25, -0.2) is 0 Å². The summed E-state index contributed by atoms with van der Waals surface area (Å²) in [4.78, 5) is 8.17. The van der Waals surface area contributed by atoms with Crippen LogP contribution in [0.2, 0.25) is 0 Å². The first-order chi connectivity index (χ1) is 10.7. The quantitative estimate of drug-likeness (QED) is 0.836. The van der Waals surface area contributed by atoms with Crippen LogP contribution in [0.5, 0.6) is 0 Å². The summed E-state index contributed by atoms with van der Waals surface area (Å²) in [7, 11) is 0. The first-order valence-corrected chi connectivity index (χ1v) is 9.70. The third-order valence-electron chi connectivity index (χ3n) is 4.91. The maximum atomic E-state index is 5.92. The fourth-order valence-corrected chi connectivity index (χ4v) is 4.64. The molecule has 2 saturated heterocycles. The average Bonchev–Trinajstić information content (AvgIpc) is 2.86. The lowest BCUT2D eigenvalue weighted by Crippen LogP contribution is -2.34. The van der Waals surface area contributed by atoms with E-state index in [1.165, 1.54) is 61.6 Å². The van der Waals surface area contributed by atoms with Gasteiger partial charge in [0.2, 0.25) is 0 Å². The summed E-state index contributed by atoms with van der Waals surface area (Å²) in [5, 5.41) is 0. The Morgan fingerprint density at radius 2 is 2.05 bits per heavy atom. The van der Waals surface area contributed by atoms with Crippen molar-refractivity contribution in [2.45, 2.75) is 58.2 Å². The molecule has 2 fully saturated rings. The van der Waals surface area contributed by atoms with Crippen LogP contribution in [0.25, 0.3) is 0 Å². The first-order valence-electron chi connectivity index (χ1n) is 8.89. The third kappa shape index (κ3) is 4.31. The summed E-state index contributed by atoms with van der Waals surface area (Å²) in [6.45, 7) is 11.6. The fourth-order valence-electron chi connectivity index (χ4n) is 3.50. The molecule has 0 N–H and O–H groups in total. The van der Waals surface area contributed by atoms with Gasteiger partial charge in [0.1, 0.15) is 0 Å². The van der Waals surface area contributed by atoms with Gasteiger partial charge in [-0.1, -0.05) is 0 Å². The van der Waals surface area contributed by atoms with Crippen molar-refractivity contribution in [3.63, 3.8) is 0 Å². The van der Waals surface area contributed by atoms with E-state index in [0.717, 1.165) is 13.2 Å². The Balaban J connectivity index is 1.53. The molecule has 2 aliphatic rings. The highest BCUT2D eigenvalue weighted by atomic mass is 32.1. The van der Waals surface area contributed by atoms with Crippen LogP contribution in [0.15, 0.2) is 12.1 Å². The molecule has 0 spiro atoms. The van der Waals surface area contributed by atoms with Crippen molar-refractivity contribution in [3.05, 3.63) is 21.9 Å². The number of hydrogen-bond donors (Lipinski definition) is 0. The van der Waals surface area contributed by atoms with Gasteiger partial charge in [0.05, 0.1) is 6.10 Å². The molecular weight excluding hydrogens is 292 g/mol. The van der Waals surface area contributed by atoms with Crippen LogP contribution in [0, 0.1) is 0 Å². The number of rotatable bonds is 4. The van der Waals surface area contributed by atoms with Crippen LogP contribution in [-0.2, 0) is 11.3 Å². The Bertz CT molecular complexity index is 454. The smallest absolute Gasteiger partial charge is 0.0916 e. The monoisotopic (exact) mass is 322 g/mol. The zero-order chi connectivity index (χ0) is 15.4. The molecule has 0 amide bonds. The molecule has 0 radical (unpaired) electrons. The predicted octanol–water partition coefficient (Wildman–Crippen LogP) is 3.91. The fraction of sp³-hybridized carbons (Fsp3) is 0.778. The number of hydrogen-bond acceptors (Lipinski definition) is 4. The Morgan fingerprint density at radius 1 is 1.14 bits per heavy atom. The van der Waals surface area contributed by atoms with Gasteiger partial charge in [-0.2, -0.15) is 0 Å². The molecule has 0 aliphatic carbocycles. The molecule has 1 atom stereocenters. The SMILES string of the molecule is CC(C)N1CCCN(Cc2ccc([C@H]3CCCCO3)s2)CC1. The topological polar surface area (TPSA) is 15.7 Å². The standard InChI is InChI=1S/C18H30N2OS/c1-15(2)20-10-5-9-19(11-12-20)14-16-7-8-18(22-16)17-6-3-4-13-21-17/h7-8,15,17H,3-6,9-14H2,1-2H3/t17-/m1/s1. The Morgan fingerprint density at radius 3 is 2.82 bits per heavy atom. The van der Waals surface area contributed by atoms with Crippen molar-refractivity contribution >= 4 is 11.3 Å². The molecule has 0 bridgehead atoms. The van der Waals surface area contributed by atoms with Crippen molar-refractivity contribution in [2.75, 3.05) is 32.8 Å². The van der Waals surface area contributed by atoms with E-state index in [4.69, 9.17) is 4.74 Å². The molecular formula is C18H30N2OS. The lowest BCUT2D eigenvalue weighted by Gasteiger charge is -2.24. The van der Waals surface area contributed by atoms with Gasteiger partial charge in [0.25, 0.3) is 0 Å². The normalized spacial score (nSPS) is 25.5. The molecule has 22 heavy (non-hydrogen) atoms. The summed E-state index contributed by atoms with van der Waals surface area (Å²) >= 11 is 1.97. The first kappa shape index (κ1) is 16.4. The van der Waals surface area contributed by atoms with Crippen molar-refractivity contribution in [2.24, 2.45) is 0 Å². The van der Waals surface area contributed by atoms with Crippen LogP contribution < -0.4 is 0 Å². The second-order valence-electron chi connectivity index (χ2n) is 6.92. The maximum Gasteiger partial charge on any atom is 0.0916 e. The Labute approximate surface area is 139 Å². The highest BCUT2D eigenvalue weighted by molar-refractivity contribution is 7.12. The van der Waals surface area contributed by atoms with Crippen molar-refractivity contribution in [3.8, 4) is 0 Å². The zero-order valence-corrected chi connectivity index (χ0v) is 14.9. The summed E-state index contributed by atoms with van der Waals surface area (Å²) in [5.74, 6) is 0. The molecule has 3 nitrogen and oxygen atoms in total. The second kappa shape index (κ2) is 7.91. The van der Waals surface area contributed by atoms with Gasteiger partial charge in [-0.05, 0) is 64.8 Å². The number of ether oxygens (including phenoxy) is 1. The Hall–Kier alpha value is -0.420. The van der Waals surface area contributed by atoms with Crippen LogP contribution in [-0.4, -0.2) is 48.6 Å². The summed E-state index contributed by atoms with van der Waals surface area (Å²) < 4.78 is 5.92. The van der Waals surface area contributed by atoms with E-state index in [1.54, 1.807) is 0 Å². The average molecular weight is 323 g/mol. The third-order valence-corrected chi connectivity index (χ3v) is 6.07. The van der Waals surface area contributed by atoms with Crippen LogP contribution in [0.3, 0.4) is 0 Å².